The fourth-order valence-electron chi connectivity index (χ4n) is 2.18. The molecule has 1 aliphatic heterocycles. The summed E-state index contributed by atoms with van der Waals surface area (Å²) in [6.45, 7) is 6.26. The summed E-state index contributed by atoms with van der Waals surface area (Å²) in [4.78, 5) is 14.6. The molecule has 3 nitrogen and oxygen atoms in total. The van der Waals surface area contributed by atoms with Gasteiger partial charge in [-0.05, 0) is 24.9 Å². The number of aromatic nitrogens is 1. The summed E-state index contributed by atoms with van der Waals surface area (Å²) in [6.07, 6.45) is 3.10. The Morgan fingerprint density at radius 2 is 2.24 bits per heavy atom. The average molecular weight is 299 g/mol. The molecule has 1 saturated heterocycles. The van der Waals surface area contributed by atoms with Crippen LogP contribution in [0.1, 0.15) is 13.3 Å². The van der Waals surface area contributed by atoms with Crippen LogP contribution < -0.4 is 5.56 Å². The lowest BCUT2D eigenvalue weighted by atomic mass is 9.99. The maximum atomic E-state index is 11.5. The molecule has 0 spiro atoms. The van der Waals surface area contributed by atoms with E-state index in [1.54, 1.807) is 16.7 Å². The molecule has 0 saturated carbocycles. The molecule has 2 atom stereocenters. The Balaban J connectivity index is 1.87. The highest BCUT2D eigenvalue weighted by Gasteiger charge is 2.23. The smallest absolute Gasteiger partial charge is 0.250 e. The number of piperidine rings is 1. The third-order valence-electron chi connectivity index (χ3n) is 3.51. The zero-order valence-corrected chi connectivity index (χ0v) is 11.8. The number of alkyl halides is 1. The van der Waals surface area contributed by atoms with E-state index in [0.717, 1.165) is 32.1 Å². The summed E-state index contributed by atoms with van der Waals surface area (Å²) in [5, 5.41) is 0. The average Bonchev–Trinajstić information content (AvgIpc) is 2.32. The van der Waals surface area contributed by atoms with Crippen molar-refractivity contribution < 1.29 is 0 Å². The maximum absolute atomic E-state index is 11.5. The quantitative estimate of drug-likeness (QED) is 0.797. The molecule has 1 fully saturated rings. The lowest BCUT2D eigenvalue weighted by Gasteiger charge is -2.34. The number of pyridine rings is 1. The molecule has 2 heterocycles. The van der Waals surface area contributed by atoms with Crippen molar-refractivity contribution in [2.75, 3.05) is 19.6 Å². The Kier molecular flexibility index (Phi) is 4.40. The van der Waals surface area contributed by atoms with Crippen LogP contribution in [0.15, 0.2) is 29.2 Å². The predicted molar refractivity (Wildman–Crippen MR) is 73.6 cm³/mol. The normalized spacial score (nSPS) is 26.0. The summed E-state index contributed by atoms with van der Waals surface area (Å²) < 4.78 is 1.78. The summed E-state index contributed by atoms with van der Waals surface area (Å²) >= 11 is 3.72. The molecule has 0 radical (unpaired) electrons. The van der Waals surface area contributed by atoms with E-state index in [1.807, 2.05) is 12.3 Å². The van der Waals surface area contributed by atoms with E-state index in [1.165, 1.54) is 6.42 Å². The largest absolute Gasteiger partial charge is 0.314 e. The van der Waals surface area contributed by atoms with Crippen LogP contribution >= 0.6 is 15.9 Å². The van der Waals surface area contributed by atoms with Crippen molar-refractivity contribution in [1.29, 1.82) is 0 Å². The molecule has 1 aromatic rings. The molecular formula is C13H19BrN2O. The van der Waals surface area contributed by atoms with Crippen LogP contribution in [-0.4, -0.2) is 33.9 Å². The van der Waals surface area contributed by atoms with Crippen molar-refractivity contribution in [3.05, 3.63) is 34.7 Å². The summed E-state index contributed by atoms with van der Waals surface area (Å²) in [6, 6.07) is 5.31. The van der Waals surface area contributed by atoms with Gasteiger partial charge in [-0.15, -0.1) is 0 Å². The van der Waals surface area contributed by atoms with Gasteiger partial charge in [0.2, 0.25) is 0 Å². The molecule has 1 aliphatic rings. The third-order valence-corrected chi connectivity index (χ3v) is 4.70. The minimum atomic E-state index is 0.0910. The van der Waals surface area contributed by atoms with Crippen molar-refractivity contribution >= 4 is 15.9 Å². The monoisotopic (exact) mass is 298 g/mol. The van der Waals surface area contributed by atoms with Crippen LogP contribution in [0.5, 0.6) is 0 Å². The number of hydrogen-bond donors (Lipinski definition) is 0. The zero-order chi connectivity index (χ0) is 12.3. The molecule has 0 aromatic carbocycles. The first-order valence-corrected chi connectivity index (χ1v) is 7.10. The van der Waals surface area contributed by atoms with Crippen molar-refractivity contribution in [2.24, 2.45) is 5.92 Å². The second-order valence-corrected chi connectivity index (χ2v) is 5.99. The van der Waals surface area contributed by atoms with Gasteiger partial charge in [0.15, 0.2) is 0 Å². The van der Waals surface area contributed by atoms with E-state index in [9.17, 15) is 4.79 Å². The van der Waals surface area contributed by atoms with Gasteiger partial charge in [0.05, 0.1) is 0 Å². The highest BCUT2D eigenvalue weighted by Crippen LogP contribution is 2.22. The first-order valence-electron chi connectivity index (χ1n) is 6.18. The van der Waals surface area contributed by atoms with Gasteiger partial charge in [0.25, 0.3) is 5.56 Å². The first-order chi connectivity index (χ1) is 8.16. The number of nitrogens with zero attached hydrogens (tertiary/aromatic N) is 2. The number of likely N-dealkylation sites (tertiary alicyclic amines) is 1. The number of halogens is 1. The van der Waals surface area contributed by atoms with Gasteiger partial charge < -0.3 is 9.47 Å². The second kappa shape index (κ2) is 5.83. The summed E-state index contributed by atoms with van der Waals surface area (Å²) in [7, 11) is 0. The van der Waals surface area contributed by atoms with Gasteiger partial charge in [0, 0.05) is 36.7 Å². The molecule has 0 bridgehead atoms. The topological polar surface area (TPSA) is 25.2 Å². The molecule has 17 heavy (non-hydrogen) atoms. The highest BCUT2D eigenvalue weighted by molar-refractivity contribution is 9.09. The van der Waals surface area contributed by atoms with Crippen molar-refractivity contribution in [1.82, 2.24) is 9.47 Å². The van der Waals surface area contributed by atoms with Crippen LogP contribution in [0.25, 0.3) is 0 Å². The molecule has 0 amide bonds. The summed E-state index contributed by atoms with van der Waals surface area (Å²) in [5.41, 5.74) is 0.0910. The van der Waals surface area contributed by atoms with Crippen LogP contribution in [-0.2, 0) is 6.54 Å². The van der Waals surface area contributed by atoms with Gasteiger partial charge >= 0.3 is 0 Å². The molecular weight excluding hydrogens is 280 g/mol. The zero-order valence-electron chi connectivity index (χ0n) is 10.2. The molecule has 2 rings (SSSR count). The van der Waals surface area contributed by atoms with Crippen molar-refractivity contribution in [3.63, 3.8) is 0 Å². The van der Waals surface area contributed by atoms with E-state index < -0.39 is 0 Å². The lowest BCUT2D eigenvalue weighted by Crippen LogP contribution is -2.42. The third kappa shape index (κ3) is 3.42. The summed E-state index contributed by atoms with van der Waals surface area (Å²) in [5.74, 6) is 0.755. The minimum Gasteiger partial charge on any atom is -0.314 e. The van der Waals surface area contributed by atoms with Gasteiger partial charge in [-0.25, -0.2) is 0 Å². The van der Waals surface area contributed by atoms with Crippen LogP contribution in [0, 0.1) is 5.92 Å². The fourth-order valence-corrected chi connectivity index (χ4v) is 2.86. The van der Waals surface area contributed by atoms with Gasteiger partial charge in [0.1, 0.15) is 0 Å². The second-order valence-electron chi connectivity index (χ2n) is 4.81. The molecule has 1 aromatic heterocycles. The molecule has 4 heteroatoms. The maximum Gasteiger partial charge on any atom is 0.250 e. The molecule has 0 aliphatic carbocycles. The van der Waals surface area contributed by atoms with E-state index in [0.29, 0.717) is 4.83 Å². The minimum absolute atomic E-state index is 0.0910. The van der Waals surface area contributed by atoms with E-state index >= 15 is 0 Å². The van der Waals surface area contributed by atoms with Crippen LogP contribution in [0.3, 0.4) is 0 Å². The Bertz CT molecular complexity index is 418. The number of rotatable bonds is 3. The standard InChI is InChI=1S/C13H19BrN2O/c1-11-5-7-15(10-12(11)14)8-9-16-6-3-2-4-13(16)17/h2-4,6,11-12H,5,7-10H2,1H3. The molecule has 94 valence electrons. The van der Waals surface area contributed by atoms with Crippen LogP contribution in [0.4, 0.5) is 0 Å². The Labute approximate surface area is 111 Å². The van der Waals surface area contributed by atoms with Gasteiger partial charge in [-0.3, -0.25) is 4.79 Å². The predicted octanol–water partition coefficient (Wildman–Crippen LogP) is 1.95. The highest BCUT2D eigenvalue weighted by atomic mass is 79.9. The fraction of sp³-hybridized carbons (Fsp3) is 0.615. The van der Waals surface area contributed by atoms with Crippen molar-refractivity contribution in [3.8, 4) is 0 Å². The van der Waals surface area contributed by atoms with E-state index in [4.69, 9.17) is 0 Å². The Hall–Kier alpha value is -0.610. The molecule has 0 N–H and O–H groups in total. The van der Waals surface area contributed by atoms with Crippen LogP contribution in [0.2, 0.25) is 0 Å². The first kappa shape index (κ1) is 12.8. The Morgan fingerprint density at radius 3 is 2.94 bits per heavy atom. The lowest BCUT2D eigenvalue weighted by molar-refractivity contribution is 0.194. The SMILES string of the molecule is CC1CCN(CCn2ccccc2=O)CC1Br. The number of hydrogen-bond acceptors (Lipinski definition) is 2. The molecule has 2 unspecified atom stereocenters. The van der Waals surface area contributed by atoms with Crippen molar-refractivity contribution in [2.45, 2.75) is 24.7 Å². The van der Waals surface area contributed by atoms with Gasteiger partial charge in [-0.2, -0.15) is 0 Å². The van der Waals surface area contributed by atoms with Gasteiger partial charge in [-0.1, -0.05) is 28.9 Å². The van der Waals surface area contributed by atoms with E-state index in [-0.39, 0.29) is 5.56 Å². The Morgan fingerprint density at radius 1 is 1.41 bits per heavy atom. The van der Waals surface area contributed by atoms with E-state index in [2.05, 4.69) is 27.8 Å².